The molecule has 0 aliphatic heterocycles. The van der Waals surface area contributed by atoms with Crippen LogP contribution in [-0.2, 0) is 0 Å². The third-order valence-corrected chi connectivity index (χ3v) is 4.41. The molecule has 19 heavy (non-hydrogen) atoms. The number of nitrogens with zero attached hydrogens (tertiary/aromatic N) is 2. The molecule has 6 heteroatoms. The molecule has 0 atom stereocenters. The van der Waals surface area contributed by atoms with E-state index in [0.29, 0.717) is 0 Å². The summed E-state index contributed by atoms with van der Waals surface area (Å²) in [4.78, 5) is 14.7. The van der Waals surface area contributed by atoms with Crippen LogP contribution in [-0.4, -0.2) is 9.91 Å². The van der Waals surface area contributed by atoms with E-state index in [1.807, 2.05) is 36.4 Å². The number of thiazole rings is 1. The highest BCUT2D eigenvalue weighted by molar-refractivity contribution is 7.19. The highest BCUT2D eigenvalue weighted by Gasteiger charge is 2.07. The summed E-state index contributed by atoms with van der Waals surface area (Å²) in [6.45, 7) is 0. The SMILES string of the molecule is O=[N+]([O-])c1cc(/C=C/c2nc3ccccc3s2)cs1. The molecule has 2 aromatic heterocycles. The van der Waals surface area contributed by atoms with Crippen molar-refractivity contribution >= 4 is 50.0 Å². The van der Waals surface area contributed by atoms with Gasteiger partial charge in [-0.1, -0.05) is 29.5 Å². The van der Waals surface area contributed by atoms with Gasteiger partial charge in [-0.15, -0.1) is 11.3 Å². The zero-order valence-electron chi connectivity index (χ0n) is 9.65. The number of hydrogen-bond donors (Lipinski definition) is 0. The van der Waals surface area contributed by atoms with Gasteiger partial charge in [0.1, 0.15) is 5.01 Å². The van der Waals surface area contributed by atoms with Gasteiger partial charge in [-0.2, -0.15) is 0 Å². The van der Waals surface area contributed by atoms with Crippen molar-refractivity contribution in [2.24, 2.45) is 0 Å². The van der Waals surface area contributed by atoms with Gasteiger partial charge in [-0.25, -0.2) is 4.98 Å². The first-order valence-electron chi connectivity index (χ1n) is 5.49. The minimum Gasteiger partial charge on any atom is -0.258 e. The molecular weight excluding hydrogens is 280 g/mol. The van der Waals surface area contributed by atoms with E-state index in [-0.39, 0.29) is 9.92 Å². The Labute approximate surface area is 116 Å². The average molecular weight is 288 g/mol. The van der Waals surface area contributed by atoms with Crippen LogP contribution in [0.2, 0.25) is 0 Å². The van der Waals surface area contributed by atoms with Crippen molar-refractivity contribution in [1.82, 2.24) is 4.98 Å². The first-order chi connectivity index (χ1) is 9.22. The summed E-state index contributed by atoms with van der Waals surface area (Å²) in [6.07, 6.45) is 3.73. The molecule has 0 bridgehead atoms. The van der Waals surface area contributed by atoms with Crippen LogP contribution >= 0.6 is 22.7 Å². The first kappa shape index (κ1) is 12.0. The Hall–Kier alpha value is -2.05. The highest BCUT2D eigenvalue weighted by atomic mass is 32.1. The molecule has 0 aliphatic rings. The fraction of sp³-hybridized carbons (Fsp3) is 0. The summed E-state index contributed by atoms with van der Waals surface area (Å²) in [6, 6.07) is 9.50. The minimum absolute atomic E-state index is 0.156. The van der Waals surface area contributed by atoms with Gasteiger partial charge in [-0.3, -0.25) is 10.1 Å². The van der Waals surface area contributed by atoms with Gasteiger partial charge >= 0.3 is 5.00 Å². The van der Waals surface area contributed by atoms with Gasteiger partial charge < -0.3 is 0 Å². The molecule has 0 saturated heterocycles. The topological polar surface area (TPSA) is 56.0 Å². The maximum Gasteiger partial charge on any atom is 0.324 e. The van der Waals surface area contributed by atoms with E-state index in [1.165, 1.54) is 0 Å². The van der Waals surface area contributed by atoms with Crippen molar-refractivity contribution in [3.8, 4) is 0 Å². The Morgan fingerprint density at radius 1 is 1.26 bits per heavy atom. The molecule has 0 radical (unpaired) electrons. The summed E-state index contributed by atoms with van der Waals surface area (Å²) < 4.78 is 1.14. The second-order valence-electron chi connectivity index (χ2n) is 3.83. The first-order valence-corrected chi connectivity index (χ1v) is 7.18. The minimum atomic E-state index is -0.375. The monoisotopic (exact) mass is 288 g/mol. The lowest BCUT2D eigenvalue weighted by Gasteiger charge is -1.82. The molecule has 4 nitrogen and oxygen atoms in total. The second-order valence-corrected chi connectivity index (χ2v) is 5.78. The smallest absolute Gasteiger partial charge is 0.258 e. The standard InChI is InChI=1S/C13H8N2O2S2/c16-15(17)13-7-9(8-18-13)5-6-12-14-10-3-1-2-4-11(10)19-12/h1-8H/b6-5+. The van der Waals surface area contributed by atoms with Gasteiger partial charge in [-0.05, 0) is 23.8 Å². The molecule has 3 rings (SSSR count). The molecule has 94 valence electrons. The molecule has 1 aromatic carbocycles. The van der Waals surface area contributed by atoms with Crippen molar-refractivity contribution in [1.29, 1.82) is 0 Å². The van der Waals surface area contributed by atoms with Crippen LogP contribution in [0, 0.1) is 10.1 Å². The van der Waals surface area contributed by atoms with Crippen LogP contribution in [0.1, 0.15) is 10.6 Å². The predicted octanol–water partition coefficient (Wildman–Crippen LogP) is 4.44. The fourth-order valence-corrected chi connectivity index (χ4v) is 3.21. The third-order valence-electron chi connectivity index (χ3n) is 2.51. The molecule has 0 fully saturated rings. The summed E-state index contributed by atoms with van der Waals surface area (Å²) >= 11 is 2.73. The maximum absolute atomic E-state index is 10.6. The van der Waals surface area contributed by atoms with Crippen LogP contribution in [0.15, 0.2) is 35.7 Å². The third kappa shape index (κ3) is 2.54. The summed E-state index contributed by atoms with van der Waals surface area (Å²) in [7, 11) is 0. The van der Waals surface area contributed by atoms with Gasteiger partial charge in [0.25, 0.3) is 0 Å². The Morgan fingerprint density at radius 3 is 2.84 bits per heavy atom. The number of rotatable bonds is 3. The van der Waals surface area contributed by atoms with E-state index >= 15 is 0 Å². The molecule has 0 aliphatic carbocycles. The molecule has 0 spiro atoms. The summed E-state index contributed by atoms with van der Waals surface area (Å²) in [5, 5.41) is 13.4. The van der Waals surface area contributed by atoms with E-state index in [4.69, 9.17) is 0 Å². The van der Waals surface area contributed by atoms with Gasteiger partial charge in [0.2, 0.25) is 0 Å². The lowest BCUT2D eigenvalue weighted by Crippen LogP contribution is -1.80. The number of hydrogen-bond acceptors (Lipinski definition) is 5. The van der Waals surface area contributed by atoms with Crippen LogP contribution in [0.4, 0.5) is 5.00 Å². The number of nitro groups is 1. The lowest BCUT2D eigenvalue weighted by atomic mass is 10.3. The van der Waals surface area contributed by atoms with E-state index < -0.39 is 0 Å². The summed E-state index contributed by atoms with van der Waals surface area (Å²) in [5.41, 5.74) is 1.81. The predicted molar refractivity (Wildman–Crippen MR) is 79.5 cm³/mol. The molecule has 0 unspecified atom stereocenters. The molecule has 3 aromatic rings. The van der Waals surface area contributed by atoms with Crippen LogP contribution in [0.25, 0.3) is 22.4 Å². The van der Waals surface area contributed by atoms with Crippen molar-refractivity contribution in [2.75, 3.05) is 0 Å². The van der Waals surface area contributed by atoms with Crippen molar-refractivity contribution < 1.29 is 4.92 Å². The molecule has 0 amide bonds. The zero-order valence-corrected chi connectivity index (χ0v) is 11.3. The number of benzene rings is 1. The van der Waals surface area contributed by atoms with E-state index in [0.717, 1.165) is 32.1 Å². The van der Waals surface area contributed by atoms with Gasteiger partial charge in [0.15, 0.2) is 0 Å². The largest absolute Gasteiger partial charge is 0.324 e. The number of thiophene rings is 1. The average Bonchev–Trinajstić information content (AvgIpc) is 3.02. The highest BCUT2D eigenvalue weighted by Crippen LogP contribution is 2.26. The van der Waals surface area contributed by atoms with Gasteiger partial charge in [0.05, 0.1) is 15.1 Å². The van der Waals surface area contributed by atoms with Crippen LogP contribution < -0.4 is 0 Å². The lowest BCUT2D eigenvalue weighted by molar-refractivity contribution is -0.380. The molecule has 2 heterocycles. The quantitative estimate of drug-likeness (QED) is 0.529. The van der Waals surface area contributed by atoms with Crippen molar-refractivity contribution in [3.05, 3.63) is 56.4 Å². The van der Waals surface area contributed by atoms with E-state index in [9.17, 15) is 10.1 Å². The van der Waals surface area contributed by atoms with Crippen LogP contribution in [0.5, 0.6) is 0 Å². The molecular formula is C13H8N2O2S2. The Bertz CT molecular complexity index is 741. The number of fused-ring (bicyclic) bond motifs is 1. The Morgan fingerprint density at radius 2 is 2.11 bits per heavy atom. The van der Waals surface area contributed by atoms with E-state index in [2.05, 4.69) is 4.98 Å². The Kier molecular flexibility index (Phi) is 3.10. The molecule has 0 N–H and O–H groups in total. The number of aromatic nitrogens is 1. The van der Waals surface area contributed by atoms with Gasteiger partial charge in [0, 0.05) is 11.4 Å². The van der Waals surface area contributed by atoms with Crippen LogP contribution in [0.3, 0.4) is 0 Å². The normalized spacial score (nSPS) is 11.4. The molecule has 0 saturated carbocycles. The summed E-state index contributed by atoms with van der Waals surface area (Å²) in [5.74, 6) is 0. The number of para-hydroxylation sites is 1. The Balaban J connectivity index is 1.86. The van der Waals surface area contributed by atoms with E-state index in [1.54, 1.807) is 22.8 Å². The van der Waals surface area contributed by atoms with Crippen molar-refractivity contribution in [2.45, 2.75) is 0 Å². The zero-order chi connectivity index (χ0) is 13.2. The maximum atomic E-state index is 10.6. The second kappa shape index (κ2) is 4.91. The van der Waals surface area contributed by atoms with Crippen molar-refractivity contribution in [3.63, 3.8) is 0 Å². The fourth-order valence-electron chi connectivity index (χ4n) is 1.65.